The number of carbonyl (C=O) groups is 3. The van der Waals surface area contributed by atoms with E-state index in [1.807, 2.05) is 5.32 Å². The fourth-order valence-electron chi connectivity index (χ4n) is 1.06. The first-order valence-electron chi connectivity index (χ1n) is 3.63. The Balaban J connectivity index is 2.84. The second kappa shape index (κ2) is 3.24. The molecule has 0 saturated carbocycles. The molecule has 0 aliphatic carbocycles. The summed E-state index contributed by atoms with van der Waals surface area (Å²) < 4.78 is 0. The summed E-state index contributed by atoms with van der Waals surface area (Å²) in [5, 5.41) is 2.00. The van der Waals surface area contributed by atoms with E-state index in [0.29, 0.717) is 4.81 Å². The van der Waals surface area contributed by atoms with Gasteiger partial charge >= 0.3 is 0 Å². The van der Waals surface area contributed by atoms with Gasteiger partial charge in [0.25, 0.3) is 0 Å². The first-order chi connectivity index (χ1) is 6.00. The SMILES string of the molecule is [B]N(C=O)C1([B])CCC(=O)NC1=O. The molecule has 1 atom stereocenters. The molecule has 0 aromatic rings. The molecule has 64 valence electrons. The van der Waals surface area contributed by atoms with Gasteiger partial charge in [0.05, 0.1) is 5.44 Å². The summed E-state index contributed by atoms with van der Waals surface area (Å²) in [7, 11) is 10.7. The summed E-state index contributed by atoms with van der Waals surface area (Å²) in [5.74, 6) is -1.16. The van der Waals surface area contributed by atoms with Crippen LogP contribution >= 0.6 is 0 Å². The Hall–Kier alpha value is -1.26. The van der Waals surface area contributed by atoms with Gasteiger partial charge in [0.15, 0.2) is 6.41 Å². The number of amides is 3. The van der Waals surface area contributed by atoms with Crippen molar-refractivity contribution in [1.82, 2.24) is 10.1 Å². The Labute approximate surface area is 77.7 Å². The van der Waals surface area contributed by atoms with Gasteiger partial charge < -0.3 is 4.81 Å². The van der Waals surface area contributed by atoms with Crippen LogP contribution in [0.25, 0.3) is 0 Å². The minimum absolute atomic E-state index is 0.0346. The summed E-state index contributed by atoms with van der Waals surface area (Å²) in [6, 6.07) is 0. The number of rotatable bonds is 2. The molecule has 1 aliphatic heterocycles. The lowest BCUT2D eigenvalue weighted by molar-refractivity contribution is -0.140. The molecule has 1 heterocycles. The summed E-state index contributed by atoms with van der Waals surface area (Å²) in [6.07, 6.45) is 0.353. The van der Waals surface area contributed by atoms with Gasteiger partial charge in [0, 0.05) is 6.42 Å². The molecule has 0 spiro atoms. The zero-order chi connectivity index (χ0) is 10.1. The highest BCUT2D eigenvalue weighted by molar-refractivity contribution is 6.35. The number of carbonyl (C=O) groups excluding carboxylic acids is 3. The van der Waals surface area contributed by atoms with Crippen molar-refractivity contribution < 1.29 is 14.4 Å². The lowest BCUT2D eigenvalue weighted by atomic mass is 9.69. The Bertz CT molecular complexity index is 271. The van der Waals surface area contributed by atoms with Crippen molar-refractivity contribution in [1.29, 1.82) is 0 Å². The Morgan fingerprint density at radius 3 is 2.62 bits per heavy atom. The standard InChI is InChI=1S/C6H6B2N2O3/c7-6(10(8)3-11)2-1-4(12)9-5(6)13/h3H,1-2H2,(H,9,12,13). The van der Waals surface area contributed by atoms with Crippen molar-refractivity contribution in [2.75, 3.05) is 0 Å². The predicted molar refractivity (Wildman–Crippen MR) is 44.5 cm³/mol. The van der Waals surface area contributed by atoms with E-state index in [0.717, 1.165) is 0 Å². The van der Waals surface area contributed by atoms with Crippen LogP contribution in [0.3, 0.4) is 0 Å². The van der Waals surface area contributed by atoms with Crippen molar-refractivity contribution >= 4 is 34.1 Å². The smallest absolute Gasteiger partial charge is 0.241 e. The maximum Gasteiger partial charge on any atom is 0.241 e. The molecule has 1 aliphatic rings. The minimum atomic E-state index is -1.60. The largest absolute Gasteiger partial charge is 0.394 e. The highest BCUT2D eigenvalue weighted by Gasteiger charge is 2.40. The minimum Gasteiger partial charge on any atom is -0.394 e. The average Bonchev–Trinajstić information content (AvgIpc) is 2.11. The highest BCUT2D eigenvalue weighted by atomic mass is 16.2. The van der Waals surface area contributed by atoms with E-state index in [9.17, 15) is 14.4 Å². The van der Waals surface area contributed by atoms with Crippen LogP contribution in [-0.2, 0) is 14.4 Å². The zero-order valence-corrected chi connectivity index (χ0v) is 6.82. The van der Waals surface area contributed by atoms with E-state index in [-0.39, 0.29) is 19.3 Å². The Morgan fingerprint density at radius 2 is 2.15 bits per heavy atom. The third-order valence-corrected chi connectivity index (χ3v) is 1.95. The molecule has 0 aromatic heterocycles. The average molecular weight is 176 g/mol. The zero-order valence-electron chi connectivity index (χ0n) is 6.82. The number of imide groups is 1. The molecule has 1 rings (SSSR count). The monoisotopic (exact) mass is 176 g/mol. The van der Waals surface area contributed by atoms with Crippen molar-refractivity contribution in [3.63, 3.8) is 0 Å². The predicted octanol–water partition coefficient (Wildman–Crippen LogP) is -2.17. The molecule has 1 saturated heterocycles. The topological polar surface area (TPSA) is 66.5 Å². The number of hydrogen-bond donors (Lipinski definition) is 1. The van der Waals surface area contributed by atoms with E-state index >= 15 is 0 Å². The van der Waals surface area contributed by atoms with Crippen molar-refractivity contribution in [2.24, 2.45) is 0 Å². The van der Waals surface area contributed by atoms with Crippen LogP contribution < -0.4 is 5.32 Å². The number of piperidine rings is 1. The first kappa shape index (κ1) is 9.83. The summed E-state index contributed by atoms with van der Waals surface area (Å²) >= 11 is 0. The molecule has 3 amide bonds. The quantitative estimate of drug-likeness (QED) is 0.295. The molecule has 7 heteroatoms. The summed E-state index contributed by atoms with van der Waals surface area (Å²) in [4.78, 5) is 32.8. The number of nitrogens with one attached hydrogen (secondary N) is 1. The van der Waals surface area contributed by atoms with Crippen LogP contribution in [-0.4, -0.2) is 44.3 Å². The summed E-state index contributed by atoms with van der Waals surface area (Å²) in [6.45, 7) is 0. The normalized spacial score (nSPS) is 28.0. The van der Waals surface area contributed by atoms with Crippen LogP contribution in [0.2, 0.25) is 0 Å². The third kappa shape index (κ3) is 1.59. The van der Waals surface area contributed by atoms with Crippen LogP contribution in [0.5, 0.6) is 0 Å². The Kier molecular flexibility index (Phi) is 2.45. The van der Waals surface area contributed by atoms with Crippen molar-refractivity contribution in [2.45, 2.75) is 18.3 Å². The van der Waals surface area contributed by atoms with Gasteiger partial charge in [-0.1, -0.05) is 0 Å². The van der Waals surface area contributed by atoms with Crippen LogP contribution in [0, 0.1) is 0 Å². The lowest BCUT2D eigenvalue weighted by Gasteiger charge is -2.38. The van der Waals surface area contributed by atoms with E-state index in [1.54, 1.807) is 0 Å². The van der Waals surface area contributed by atoms with Gasteiger partial charge in [-0.15, -0.1) is 0 Å². The molecule has 0 bridgehead atoms. The van der Waals surface area contributed by atoms with E-state index in [4.69, 9.17) is 15.8 Å². The van der Waals surface area contributed by atoms with Gasteiger partial charge in [-0.25, -0.2) is 0 Å². The summed E-state index contributed by atoms with van der Waals surface area (Å²) in [5.41, 5.74) is -1.60. The maximum absolute atomic E-state index is 11.2. The molecule has 0 aromatic carbocycles. The second-order valence-corrected chi connectivity index (χ2v) is 2.81. The lowest BCUT2D eigenvalue weighted by Crippen LogP contribution is -2.62. The van der Waals surface area contributed by atoms with Gasteiger partial charge in [0.2, 0.25) is 19.8 Å². The molecule has 13 heavy (non-hydrogen) atoms. The first-order valence-corrected chi connectivity index (χ1v) is 3.63. The maximum atomic E-state index is 11.2. The van der Waals surface area contributed by atoms with Gasteiger partial charge in [-0.3, -0.25) is 19.7 Å². The molecule has 1 N–H and O–H groups in total. The van der Waals surface area contributed by atoms with E-state index in [2.05, 4.69) is 0 Å². The third-order valence-electron chi connectivity index (χ3n) is 1.95. The number of nitrogens with zero attached hydrogens (tertiary/aromatic N) is 1. The molecular formula is C6H6B2N2O3. The fraction of sp³-hybridized carbons (Fsp3) is 0.500. The second-order valence-electron chi connectivity index (χ2n) is 2.81. The van der Waals surface area contributed by atoms with Gasteiger partial charge in [-0.05, 0) is 6.42 Å². The molecule has 5 nitrogen and oxygen atoms in total. The van der Waals surface area contributed by atoms with Crippen LogP contribution in [0.15, 0.2) is 0 Å². The van der Waals surface area contributed by atoms with Crippen LogP contribution in [0.4, 0.5) is 0 Å². The van der Waals surface area contributed by atoms with Crippen molar-refractivity contribution in [3.05, 3.63) is 0 Å². The van der Waals surface area contributed by atoms with Crippen LogP contribution in [0.1, 0.15) is 12.8 Å². The van der Waals surface area contributed by atoms with E-state index in [1.165, 1.54) is 0 Å². The van der Waals surface area contributed by atoms with E-state index < -0.39 is 17.3 Å². The van der Waals surface area contributed by atoms with Gasteiger partial charge in [-0.2, -0.15) is 0 Å². The molecule has 1 fully saturated rings. The molecular weight excluding hydrogens is 170 g/mol. The molecule has 4 radical (unpaired) electrons. The Morgan fingerprint density at radius 1 is 1.54 bits per heavy atom. The van der Waals surface area contributed by atoms with Gasteiger partial charge in [0.1, 0.15) is 7.85 Å². The number of hydrogen-bond acceptors (Lipinski definition) is 3. The molecule has 1 unspecified atom stereocenters. The highest BCUT2D eigenvalue weighted by Crippen LogP contribution is 2.18. The van der Waals surface area contributed by atoms with Crippen molar-refractivity contribution in [3.8, 4) is 0 Å². The fourth-order valence-corrected chi connectivity index (χ4v) is 1.06.